The first-order chi connectivity index (χ1) is 7.85. The molecule has 0 spiro atoms. The fourth-order valence-corrected chi connectivity index (χ4v) is 1.64. The molecule has 0 heterocycles. The van der Waals surface area contributed by atoms with E-state index >= 15 is 0 Å². The molecule has 0 radical (unpaired) electrons. The maximum Gasteiger partial charge on any atom is 0.252 e. The summed E-state index contributed by atoms with van der Waals surface area (Å²) in [6, 6.07) is 4.19. The fraction of sp³-hybridized carbons (Fsp3) is 0.462. The van der Waals surface area contributed by atoms with Gasteiger partial charge in [0.15, 0.2) is 0 Å². The second-order valence-electron chi connectivity index (χ2n) is 4.84. The van der Waals surface area contributed by atoms with Gasteiger partial charge in [0.05, 0.1) is 0 Å². The van der Waals surface area contributed by atoms with E-state index in [0.29, 0.717) is 18.5 Å². The van der Waals surface area contributed by atoms with Gasteiger partial charge in [-0.1, -0.05) is 6.07 Å². The molecule has 3 N–H and O–H groups in total. The Balaban J connectivity index is 2.86. The van der Waals surface area contributed by atoms with E-state index in [-0.39, 0.29) is 11.4 Å². The molecule has 1 rings (SSSR count). The van der Waals surface area contributed by atoms with E-state index in [1.165, 1.54) is 12.1 Å². The average Bonchev–Trinajstić information content (AvgIpc) is 2.20. The van der Waals surface area contributed by atoms with Crippen LogP contribution in [0.1, 0.15) is 36.2 Å². The van der Waals surface area contributed by atoms with E-state index in [2.05, 4.69) is 5.32 Å². The number of halogens is 1. The van der Waals surface area contributed by atoms with Crippen LogP contribution in [0.5, 0.6) is 0 Å². The van der Waals surface area contributed by atoms with Crippen LogP contribution < -0.4 is 11.1 Å². The van der Waals surface area contributed by atoms with Crippen molar-refractivity contribution in [3.63, 3.8) is 0 Å². The van der Waals surface area contributed by atoms with Gasteiger partial charge in [0.1, 0.15) is 5.82 Å². The molecule has 4 heteroatoms. The van der Waals surface area contributed by atoms with Gasteiger partial charge in [0.25, 0.3) is 5.91 Å². The van der Waals surface area contributed by atoms with Gasteiger partial charge < -0.3 is 11.1 Å². The van der Waals surface area contributed by atoms with E-state index in [1.54, 1.807) is 13.0 Å². The van der Waals surface area contributed by atoms with Gasteiger partial charge in [0, 0.05) is 11.1 Å². The number of amides is 1. The van der Waals surface area contributed by atoms with Crippen molar-refractivity contribution in [2.75, 3.05) is 6.54 Å². The Labute approximate surface area is 101 Å². The minimum Gasteiger partial charge on any atom is -0.347 e. The second kappa shape index (κ2) is 5.27. The Morgan fingerprint density at radius 2 is 2.12 bits per heavy atom. The monoisotopic (exact) mass is 238 g/mol. The van der Waals surface area contributed by atoms with E-state index in [9.17, 15) is 9.18 Å². The van der Waals surface area contributed by atoms with E-state index < -0.39 is 5.82 Å². The highest BCUT2D eigenvalue weighted by molar-refractivity contribution is 5.96. The van der Waals surface area contributed by atoms with E-state index in [1.807, 2.05) is 13.8 Å². The molecule has 17 heavy (non-hydrogen) atoms. The minimum atomic E-state index is -0.405. The maximum atomic E-state index is 13.1. The number of nitrogens with one attached hydrogen (secondary N) is 1. The number of hydrogen-bond donors (Lipinski definition) is 2. The van der Waals surface area contributed by atoms with Gasteiger partial charge in [-0.05, 0) is 51.4 Å². The second-order valence-corrected chi connectivity index (χ2v) is 4.84. The van der Waals surface area contributed by atoms with Gasteiger partial charge in [0.2, 0.25) is 0 Å². The number of benzene rings is 1. The summed E-state index contributed by atoms with van der Waals surface area (Å²) in [6.07, 6.45) is 0.674. The molecule has 1 aromatic carbocycles. The number of hydrogen-bond acceptors (Lipinski definition) is 2. The van der Waals surface area contributed by atoms with Crippen LogP contribution in [0.2, 0.25) is 0 Å². The molecule has 0 aliphatic heterocycles. The molecule has 0 bridgehead atoms. The maximum absolute atomic E-state index is 13.1. The lowest BCUT2D eigenvalue weighted by Gasteiger charge is -2.26. The molecule has 0 aliphatic rings. The van der Waals surface area contributed by atoms with Crippen molar-refractivity contribution in [3.8, 4) is 0 Å². The van der Waals surface area contributed by atoms with Crippen LogP contribution in [-0.2, 0) is 0 Å². The van der Waals surface area contributed by atoms with Crippen molar-refractivity contribution in [2.45, 2.75) is 32.7 Å². The van der Waals surface area contributed by atoms with Crippen LogP contribution in [0.3, 0.4) is 0 Å². The van der Waals surface area contributed by atoms with Crippen molar-refractivity contribution in [1.82, 2.24) is 5.32 Å². The summed E-state index contributed by atoms with van der Waals surface area (Å²) in [6.45, 7) is 6.07. The SMILES string of the molecule is Cc1ccc(F)cc1C(=O)NC(C)(C)CCN. The number of carbonyl (C=O) groups excluding carboxylic acids is 1. The summed E-state index contributed by atoms with van der Waals surface area (Å²) in [4.78, 5) is 12.0. The molecular weight excluding hydrogens is 219 g/mol. The van der Waals surface area contributed by atoms with Gasteiger partial charge in [-0.15, -0.1) is 0 Å². The third-order valence-electron chi connectivity index (χ3n) is 2.67. The topological polar surface area (TPSA) is 55.1 Å². The first-order valence-corrected chi connectivity index (χ1v) is 5.64. The molecular formula is C13H19FN2O. The van der Waals surface area contributed by atoms with E-state index in [0.717, 1.165) is 5.56 Å². The minimum absolute atomic E-state index is 0.263. The Morgan fingerprint density at radius 1 is 1.47 bits per heavy atom. The number of rotatable bonds is 4. The zero-order valence-electron chi connectivity index (χ0n) is 10.5. The smallest absolute Gasteiger partial charge is 0.252 e. The van der Waals surface area contributed by atoms with Crippen molar-refractivity contribution in [3.05, 3.63) is 35.1 Å². The summed E-state index contributed by atoms with van der Waals surface area (Å²) in [5.74, 6) is -0.669. The molecule has 0 aliphatic carbocycles. The summed E-state index contributed by atoms with van der Waals surface area (Å²) < 4.78 is 13.1. The first-order valence-electron chi connectivity index (χ1n) is 5.64. The van der Waals surface area contributed by atoms with Crippen LogP contribution in [0, 0.1) is 12.7 Å². The van der Waals surface area contributed by atoms with Crippen molar-refractivity contribution >= 4 is 5.91 Å². The van der Waals surface area contributed by atoms with Crippen molar-refractivity contribution < 1.29 is 9.18 Å². The highest BCUT2D eigenvalue weighted by atomic mass is 19.1. The molecule has 3 nitrogen and oxygen atoms in total. The normalized spacial score (nSPS) is 11.4. The standard InChI is InChI=1S/C13H19FN2O/c1-9-4-5-10(14)8-11(9)12(17)16-13(2,3)6-7-15/h4-5,8H,6-7,15H2,1-3H3,(H,16,17). The molecule has 0 fully saturated rings. The number of nitrogens with two attached hydrogens (primary N) is 1. The lowest BCUT2D eigenvalue weighted by atomic mass is 9.99. The van der Waals surface area contributed by atoms with Crippen LogP contribution in [0.15, 0.2) is 18.2 Å². The zero-order chi connectivity index (χ0) is 13.1. The van der Waals surface area contributed by atoms with Crippen LogP contribution in [0.25, 0.3) is 0 Å². The molecule has 0 saturated carbocycles. The summed E-state index contributed by atoms with van der Waals surface area (Å²) in [5, 5.41) is 2.86. The predicted octanol–water partition coefficient (Wildman–Crippen LogP) is 1.99. The molecule has 0 aromatic heterocycles. The quantitative estimate of drug-likeness (QED) is 0.842. The Kier molecular flexibility index (Phi) is 4.23. The molecule has 0 atom stereocenters. The molecule has 0 unspecified atom stereocenters. The molecule has 1 amide bonds. The fourth-order valence-electron chi connectivity index (χ4n) is 1.64. The Hall–Kier alpha value is -1.42. The van der Waals surface area contributed by atoms with Crippen LogP contribution >= 0.6 is 0 Å². The van der Waals surface area contributed by atoms with Gasteiger partial charge >= 0.3 is 0 Å². The van der Waals surface area contributed by atoms with Crippen LogP contribution in [-0.4, -0.2) is 18.0 Å². The third-order valence-corrected chi connectivity index (χ3v) is 2.67. The van der Waals surface area contributed by atoms with Gasteiger partial charge in [-0.2, -0.15) is 0 Å². The average molecular weight is 238 g/mol. The molecule has 94 valence electrons. The summed E-state index contributed by atoms with van der Waals surface area (Å²) in [7, 11) is 0. The lowest BCUT2D eigenvalue weighted by molar-refractivity contribution is 0.0909. The number of carbonyl (C=O) groups is 1. The third kappa shape index (κ3) is 3.82. The highest BCUT2D eigenvalue weighted by Gasteiger charge is 2.21. The number of aryl methyl sites for hydroxylation is 1. The van der Waals surface area contributed by atoms with Crippen molar-refractivity contribution in [2.24, 2.45) is 5.73 Å². The highest BCUT2D eigenvalue weighted by Crippen LogP contribution is 2.13. The van der Waals surface area contributed by atoms with Crippen LogP contribution in [0.4, 0.5) is 4.39 Å². The first kappa shape index (κ1) is 13.6. The largest absolute Gasteiger partial charge is 0.347 e. The molecule has 0 saturated heterocycles. The lowest BCUT2D eigenvalue weighted by Crippen LogP contribution is -2.44. The molecule has 1 aromatic rings. The van der Waals surface area contributed by atoms with E-state index in [4.69, 9.17) is 5.73 Å². The summed E-state index contributed by atoms with van der Waals surface area (Å²) >= 11 is 0. The van der Waals surface area contributed by atoms with Crippen molar-refractivity contribution in [1.29, 1.82) is 0 Å². The zero-order valence-corrected chi connectivity index (χ0v) is 10.5. The Bertz CT molecular complexity index is 416. The Morgan fingerprint density at radius 3 is 2.71 bits per heavy atom. The summed E-state index contributed by atoms with van der Waals surface area (Å²) in [5.41, 5.74) is 6.21. The van der Waals surface area contributed by atoms with Gasteiger partial charge in [-0.25, -0.2) is 4.39 Å². The van der Waals surface area contributed by atoms with Gasteiger partial charge in [-0.3, -0.25) is 4.79 Å². The predicted molar refractivity (Wildman–Crippen MR) is 66.4 cm³/mol.